The summed E-state index contributed by atoms with van der Waals surface area (Å²) in [5.74, 6) is -1.09. The number of carbonyl (C=O) groups is 2. The van der Waals surface area contributed by atoms with E-state index in [1.165, 1.54) is 19.3 Å². The van der Waals surface area contributed by atoms with Crippen LogP contribution in [-0.4, -0.2) is 54.1 Å². The molecule has 4 N–H and O–H groups in total. The van der Waals surface area contributed by atoms with Gasteiger partial charge in [-0.15, -0.1) is 0 Å². The second kappa shape index (κ2) is 8.12. The number of nitrogens with zero attached hydrogens (tertiary/aromatic N) is 1. The molecule has 2 atom stereocenters. The summed E-state index contributed by atoms with van der Waals surface area (Å²) in [5, 5.41) is 11.3. The van der Waals surface area contributed by atoms with Gasteiger partial charge in [-0.3, -0.25) is 9.59 Å². The predicted octanol–water partition coefficient (Wildman–Crippen LogP) is 0.0266. The van der Waals surface area contributed by atoms with Crippen LogP contribution in [-0.2, 0) is 9.59 Å². The molecule has 0 saturated carbocycles. The lowest BCUT2D eigenvalue weighted by Crippen LogP contribution is -2.44. The lowest BCUT2D eigenvalue weighted by molar-refractivity contribution is -0.139. The molecule has 0 radical (unpaired) electrons. The fraction of sp³-hybridized carbons (Fsp3) is 0.846. The Kier molecular flexibility index (Phi) is 6.80. The number of amides is 1. The van der Waals surface area contributed by atoms with Crippen molar-refractivity contribution in [3.8, 4) is 0 Å². The fourth-order valence-electron chi connectivity index (χ4n) is 2.33. The zero-order valence-electron chi connectivity index (χ0n) is 11.6. The molecule has 1 heterocycles. The molecule has 1 amide bonds. The molecule has 0 aromatic heterocycles. The first-order valence-electron chi connectivity index (χ1n) is 6.96. The van der Waals surface area contributed by atoms with Crippen molar-refractivity contribution in [1.82, 2.24) is 10.2 Å². The third-order valence-corrected chi connectivity index (χ3v) is 3.37. The lowest BCUT2D eigenvalue weighted by atomic mass is 10.1. The number of likely N-dealkylation sites (tertiary alicyclic amines) is 1. The summed E-state index contributed by atoms with van der Waals surface area (Å²) in [7, 11) is 0. The number of nitrogens with two attached hydrogens (primary N) is 1. The van der Waals surface area contributed by atoms with Crippen molar-refractivity contribution >= 4 is 11.9 Å². The van der Waals surface area contributed by atoms with Crippen LogP contribution in [0, 0.1) is 5.92 Å². The van der Waals surface area contributed by atoms with Gasteiger partial charge in [0.25, 0.3) is 0 Å². The highest BCUT2D eigenvalue weighted by Gasteiger charge is 2.18. The first-order chi connectivity index (χ1) is 8.99. The van der Waals surface area contributed by atoms with E-state index in [9.17, 15) is 9.59 Å². The average Bonchev–Trinajstić information content (AvgIpc) is 2.36. The van der Waals surface area contributed by atoms with E-state index < -0.39 is 12.0 Å². The van der Waals surface area contributed by atoms with Crippen molar-refractivity contribution in [2.24, 2.45) is 11.7 Å². The standard InChI is InChI=1S/C13H25N3O3/c1-10(9-16-5-3-2-4-6-16)8-15-13(19)11(14)7-12(17)18/h10-11H,2-9,14H2,1H3,(H,15,19)(H,17,18). The van der Waals surface area contributed by atoms with Crippen molar-refractivity contribution in [1.29, 1.82) is 0 Å². The maximum atomic E-state index is 11.6. The maximum Gasteiger partial charge on any atom is 0.305 e. The third kappa shape index (κ3) is 6.54. The Morgan fingerprint density at radius 1 is 1.32 bits per heavy atom. The highest BCUT2D eigenvalue weighted by Crippen LogP contribution is 2.10. The molecule has 1 saturated heterocycles. The first-order valence-corrected chi connectivity index (χ1v) is 6.96. The summed E-state index contributed by atoms with van der Waals surface area (Å²) >= 11 is 0. The van der Waals surface area contributed by atoms with Crippen LogP contribution in [0.25, 0.3) is 0 Å². The Morgan fingerprint density at radius 3 is 2.53 bits per heavy atom. The molecule has 0 aromatic rings. The zero-order valence-corrected chi connectivity index (χ0v) is 11.6. The molecule has 19 heavy (non-hydrogen) atoms. The number of nitrogens with one attached hydrogen (secondary N) is 1. The monoisotopic (exact) mass is 271 g/mol. The molecule has 6 nitrogen and oxygen atoms in total. The van der Waals surface area contributed by atoms with Crippen LogP contribution in [0.5, 0.6) is 0 Å². The molecule has 0 spiro atoms. The van der Waals surface area contributed by atoms with Gasteiger partial charge in [-0.1, -0.05) is 13.3 Å². The molecule has 1 aliphatic rings. The Balaban J connectivity index is 2.19. The van der Waals surface area contributed by atoms with E-state index in [0.717, 1.165) is 19.6 Å². The number of carboxylic acids is 1. The summed E-state index contributed by atoms with van der Waals surface area (Å²) in [6, 6.07) is -0.959. The fourth-order valence-corrected chi connectivity index (χ4v) is 2.33. The van der Waals surface area contributed by atoms with Crippen LogP contribution in [0.3, 0.4) is 0 Å². The minimum absolute atomic E-state index is 0.327. The van der Waals surface area contributed by atoms with E-state index in [0.29, 0.717) is 12.5 Å². The van der Waals surface area contributed by atoms with Crippen molar-refractivity contribution < 1.29 is 14.7 Å². The summed E-state index contributed by atoms with van der Waals surface area (Å²) in [6.07, 6.45) is 3.49. The third-order valence-electron chi connectivity index (χ3n) is 3.37. The predicted molar refractivity (Wildman–Crippen MR) is 72.7 cm³/mol. The molecule has 1 rings (SSSR count). The lowest BCUT2D eigenvalue weighted by Gasteiger charge is -2.29. The van der Waals surface area contributed by atoms with E-state index >= 15 is 0 Å². The average molecular weight is 271 g/mol. The van der Waals surface area contributed by atoms with Gasteiger partial charge in [-0.2, -0.15) is 0 Å². The number of piperidine rings is 1. The van der Waals surface area contributed by atoms with Gasteiger partial charge in [0.05, 0.1) is 12.5 Å². The molecule has 110 valence electrons. The molecular weight excluding hydrogens is 246 g/mol. The van der Waals surface area contributed by atoms with E-state index in [-0.39, 0.29) is 12.3 Å². The zero-order chi connectivity index (χ0) is 14.3. The van der Waals surface area contributed by atoms with Crippen LogP contribution >= 0.6 is 0 Å². The van der Waals surface area contributed by atoms with Gasteiger partial charge in [-0.05, 0) is 31.8 Å². The van der Waals surface area contributed by atoms with Crippen LogP contribution in [0.2, 0.25) is 0 Å². The van der Waals surface area contributed by atoms with Crippen LogP contribution < -0.4 is 11.1 Å². The minimum Gasteiger partial charge on any atom is -0.481 e. The molecule has 6 heteroatoms. The van der Waals surface area contributed by atoms with Crippen molar-refractivity contribution in [2.45, 2.75) is 38.6 Å². The number of hydrogen-bond donors (Lipinski definition) is 3. The van der Waals surface area contributed by atoms with Crippen molar-refractivity contribution in [3.05, 3.63) is 0 Å². The summed E-state index contributed by atoms with van der Waals surface area (Å²) < 4.78 is 0. The molecule has 0 aliphatic carbocycles. The Labute approximate surface area is 114 Å². The molecular formula is C13H25N3O3. The van der Waals surface area contributed by atoms with E-state index in [1.54, 1.807) is 0 Å². The number of aliphatic carboxylic acids is 1. The SMILES string of the molecule is CC(CNC(=O)C(N)CC(=O)O)CN1CCCCC1. The topological polar surface area (TPSA) is 95.7 Å². The number of hydrogen-bond acceptors (Lipinski definition) is 4. The van der Waals surface area contributed by atoms with Crippen LogP contribution in [0.4, 0.5) is 0 Å². The van der Waals surface area contributed by atoms with Crippen LogP contribution in [0.1, 0.15) is 32.6 Å². The number of carbonyl (C=O) groups excluding carboxylic acids is 1. The molecule has 1 aliphatic heterocycles. The first kappa shape index (κ1) is 15.9. The van der Waals surface area contributed by atoms with E-state index in [1.807, 2.05) is 0 Å². The van der Waals surface area contributed by atoms with Gasteiger partial charge in [0.2, 0.25) is 5.91 Å². The smallest absolute Gasteiger partial charge is 0.305 e. The molecule has 2 unspecified atom stereocenters. The highest BCUT2D eigenvalue weighted by molar-refractivity contribution is 5.85. The molecule has 0 bridgehead atoms. The Bertz CT molecular complexity index is 304. The van der Waals surface area contributed by atoms with Gasteiger partial charge in [0, 0.05) is 13.1 Å². The summed E-state index contributed by atoms with van der Waals surface area (Å²) in [5.41, 5.74) is 5.49. The largest absolute Gasteiger partial charge is 0.481 e. The van der Waals surface area contributed by atoms with Gasteiger partial charge in [-0.25, -0.2) is 0 Å². The van der Waals surface area contributed by atoms with E-state index in [2.05, 4.69) is 17.1 Å². The van der Waals surface area contributed by atoms with E-state index in [4.69, 9.17) is 10.8 Å². The number of carboxylic acid groups (broad SMARTS) is 1. The normalized spacial score (nSPS) is 19.7. The second-order valence-corrected chi connectivity index (χ2v) is 5.42. The van der Waals surface area contributed by atoms with Gasteiger partial charge in [0.15, 0.2) is 0 Å². The Morgan fingerprint density at radius 2 is 1.95 bits per heavy atom. The quantitative estimate of drug-likeness (QED) is 0.607. The second-order valence-electron chi connectivity index (χ2n) is 5.42. The highest BCUT2D eigenvalue weighted by atomic mass is 16.4. The molecule has 1 fully saturated rings. The maximum absolute atomic E-state index is 11.6. The van der Waals surface area contributed by atoms with Crippen molar-refractivity contribution in [2.75, 3.05) is 26.2 Å². The van der Waals surface area contributed by atoms with Gasteiger partial charge < -0.3 is 21.1 Å². The Hall–Kier alpha value is -1.14. The molecule has 0 aromatic carbocycles. The van der Waals surface area contributed by atoms with Crippen molar-refractivity contribution in [3.63, 3.8) is 0 Å². The summed E-state index contributed by atoms with van der Waals surface area (Å²) in [4.78, 5) is 24.4. The van der Waals surface area contributed by atoms with Gasteiger partial charge >= 0.3 is 5.97 Å². The number of rotatable bonds is 7. The van der Waals surface area contributed by atoms with Gasteiger partial charge in [0.1, 0.15) is 0 Å². The summed E-state index contributed by atoms with van der Waals surface area (Å²) in [6.45, 7) is 5.86. The van der Waals surface area contributed by atoms with Crippen LogP contribution in [0.15, 0.2) is 0 Å². The minimum atomic E-state index is -1.05.